The van der Waals surface area contributed by atoms with Gasteiger partial charge >= 0.3 is 5.97 Å². The van der Waals surface area contributed by atoms with E-state index in [0.29, 0.717) is 34.8 Å². The van der Waals surface area contributed by atoms with Crippen molar-refractivity contribution in [3.8, 4) is 17.1 Å². The Labute approximate surface area is 201 Å². The molecular weight excluding hydrogens is 450 g/mol. The van der Waals surface area contributed by atoms with E-state index in [1.807, 2.05) is 29.1 Å². The Balaban J connectivity index is 1.49. The number of methoxy groups -OCH3 is 1. The van der Waals surface area contributed by atoms with Crippen LogP contribution in [0.3, 0.4) is 0 Å². The Bertz CT molecular complexity index is 1360. The Hall–Kier alpha value is -4.48. The number of benzene rings is 1. The van der Waals surface area contributed by atoms with Gasteiger partial charge in [-0.15, -0.1) is 0 Å². The fourth-order valence-electron chi connectivity index (χ4n) is 3.59. The minimum atomic E-state index is -0.537. The van der Waals surface area contributed by atoms with Crippen molar-refractivity contribution in [3.05, 3.63) is 48.7 Å². The standard InChI is InChI=1S/C23H25N9O3/c1-4-35-22(33)17-11-24-23(27-14-10-26-32(12-14)15-8-9-15)29-21(17)28-18-7-5-6-16(19(18)34-3)20-25-13-31(2)30-20/h5-7,10-13,15H,4,8-9H2,1-3H3,(H2,24,27,28,29). The first-order chi connectivity index (χ1) is 17.1. The van der Waals surface area contributed by atoms with Crippen LogP contribution < -0.4 is 15.4 Å². The van der Waals surface area contributed by atoms with Crippen molar-refractivity contribution in [2.24, 2.45) is 7.05 Å². The molecule has 1 aliphatic rings. The summed E-state index contributed by atoms with van der Waals surface area (Å²) >= 11 is 0. The summed E-state index contributed by atoms with van der Waals surface area (Å²) in [4.78, 5) is 25.8. The van der Waals surface area contributed by atoms with Gasteiger partial charge in [0.25, 0.3) is 0 Å². The molecule has 0 radical (unpaired) electrons. The number of carbonyl (C=O) groups excluding carboxylic acids is 1. The molecule has 0 saturated heterocycles. The summed E-state index contributed by atoms with van der Waals surface area (Å²) in [6, 6.07) is 5.97. The summed E-state index contributed by atoms with van der Waals surface area (Å²) in [7, 11) is 3.35. The zero-order chi connectivity index (χ0) is 24.4. The van der Waals surface area contributed by atoms with Crippen LogP contribution in [0.15, 0.2) is 43.1 Å². The molecule has 3 heterocycles. The minimum Gasteiger partial charge on any atom is -0.494 e. The van der Waals surface area contributed by atoms with Gasteiger partial charge in [0.15, 0.2) is 17.4 Å². The van der Waals surface area contributed by atoms with Gasteiger partial charge in [-0.1, -0.05) is 6.07 Å². The fraction of sp³-hybridized carbons (Fsp3) is 0.304. The molecule has 180 valence electrons. The largest absolute Gasteiger partial charge is 0.494 e. The molecule has 4 aromatic rings. The lowest BCUT2D eigenvalue weighted by molar-refractivity contribution is 0.0526. The molecule has 35 heavy (non-hydrogen) atoms. The van der Waals surface area contributed by atoms with Crippen molar-refractivity contribution in [2.75, 3.05) is 24.4 Å². The monoisotopic (exact) mass is 475 g/mol. The van der Waals surface area contributed by atoms with Gasteiger partial charge in [0.2, 0.25) is 5.95 Å². The molecule has 12 nitrogen and oxygen atoms in total. The van der Waals surface area contributed by atoms with Gasteiger partial charge < -0.3 is 20.1 Å². The number of esters is 1. The summed E-state index contributed by atoms with van der Waals surface area (Å²) < 4.78 is 14.4. The average Bonchev–Trinajstić information content (AvgIpc) is 3.45. The second-order valence-corrected chi connectivity index (χ2v) is 7.99. The molecule has 2 N–H and O–H groups in total. The van der Waals surface area contributed by atoms with Crippen LogP contribution in [-0.2, 0) is 11.8 Å². The summed E-state index contributed by atoms with van der Waals surface area (Å²) in [5, 5.41) is 15.1. The average molecular weight is 476 g/mol. The zero-order valence-electron chi connectivity index (χ0n) is 19.6. The minimum absolute atomic E-state index is 0.189. The maximum atomic E-state index is 12.6. The van der Waals surface area contributed by atoms with Crippen LogP contribution in [0.1, 0.15) is 36.2 Å². The topological polar surface area (TPSA) is 134 Å². The first-order valence-electron chi connectivity index (χ1n) is 11.2. The van der Waals surface area contributed by atoms with Gasteiger partial charge in [0, 0.05) is 19.4 Å². The molecule has 12 heteroatoms. The molecular formula is C23H25N9O3. The first-order valence-corrected chi connectivity index (χ1v) is 11.2. The Morgan fingerprint density at radius 3 is 2.77 bits per heavy atom. The van der Waals surface area contributed by atoms with Crippen LogP contribution in [0.5, 0.6) is 5.75 Å². The van der Waals surface area contributed by atoms with Crippen molar-refractivity contribution in [1.29, 1.82) is 0 Å². The Morgan fingerprint density at radius 2 is 2.06 bits per heavy atom. The third-order valence-electron chi connectivity index (χ3n) is 5.38. The lowest BCUT2D eigenvalue weighted by Crippen LogP contribution is -2.12. The van der Waals surface area contributed by atoms with Crippen molar-refractivity contribution in [3.63, 3.8) is 0 Å². The molecule has 5 rings (SSSR count). The number of para-hydroxylation sites is 1. The van der Waals surface area contributed by atoms with Crippen LogP contribution in [0.25, 0.3) is 11.4 Å². The van der Waals surface area contributed by atoms with E-state index in [4.69, 9.17) is 9.47 Å². The van der Waals surface area contributed by atoms with Gasteiger partial charge in [-0.25, -0.2) is 14.8 Å². The van der Waals surface area contributed by atoms with Gasteiger partial charge in [0.1, 0.15) is 11.9 Å². The lowest BCUT2D eigenvalue weighted by Gasteiger charge is -2.16. The molecule has 0 aliphatic heterocycles. The van der Waals surface area contributed by atoms with Gasteiger partial charge in [0.05, 0.1) is 42.9 Å². The molecule has 0 atom stereocenters. The van der Waals surface area contributed by atoms with Gasteiger partial charge in [-0.3, -0.25) is 9.36 Å². The molecule has 0 bridgehead atoms. The van der Waals surface area contributed by atoms with Crippen LogP contribution in [0, 0.1) is 0 Å². The summed E-state index contributed by atoms with van der Waals surface area (Å²) in [5.41, 5.74) is 2.21. The highest BCUT2D eigenvalue weighted by atomic mass is 16.5. The number of anilines is 4. The molecule has 0 spiro atoms. The van der Waals surface area contributed by atoms with E-state index in [-0.39, 0.29) is 18.0 Å². The SMILES string of the molecule is CCOC(=O)c1cnc(Nc2cnn(C3CC3)c2)nc1Nc1cccc(-c2ncn(C)n2)c1OC. The molecule has 0 amide bonds. The van der Waals surface area contributed by atoms with Crippen LogP contribution in [0.4, 0.5) is 23.1 Å². The normalized spacial score (nSPS) is 12.9. The number of hydrogen-bond donors (Lipinski definition) is 2. The van der Waals surface area contributed by atoms with Crippen LogP contribution in [-0.4, -0.2) is 54.2 Å². The zero-order valence-corrected chi connectivity index (χ0v) is 19.6. The third-order valence-corrected chi connectivity index (χ3v) is 5.38. The number of ether oxygens (including phenoxy) is 2. The second kappa shape index (κ2) is 9.41. The number of nitrogens with zero attached hydrogens (tertiary/aromatic N) is 7. The highest BCUT2D eigenvalue weighted by molar-refractivity contribution is 5.96. The first kappa shape index (κ1) is 22.3. The fourth-order valence-corrected chi connectivity index (χ4v) is 3.59. The third kappa shape index (κ3) is 4.76. The molecule has 0 unspecified atom stereocenters. The van der Waals surface area contributed by atoms with E-state index < -0.39 is 5.97 Å². The molecule has 1 aliphatic carbocycles. The maximum Gasteiger partial charge on any atom is 0.343 e. The van der Waals surface area contributed by atoms with Crippen molar-refractivity contribution >= 4 is 29.1 Å². The highest BCUT2D eigenvalue weighted by Gasteiger charge is 2.24. The van der Waals surface area contributed by atoms with E-state index in [2.05, 4.69) is 35.8 Å². The predicted molar refractivity (Wildman–Crippen MR) is 128 cm³/mol. The number of aryl methyl sites for hydroxylation is 1. The van der Waals surface area contributed by atoms with Gasteiger partial charge in [-0.2, -0.15) is 15.2 Å². The highest BCUT2D eigenvalue weighted by Crippen LogP contribution is 2.37. The number of hydrogen-bond acceptors (Lipinski definition) is 10. The molecule has 3 aromatic heterocycles. The van der Waals surface area contributed by atoms with E-state index in [0.717, 1.165) is 18.5 Å². The number of rotatable bonds is 9. The lowest BCUT2D eigenvalue weighted by atomic mass is 10.1. The van der Waals surface area contributed by atoms with Crippen molar-refractivity contribution in [1.82, 2.24) is 34.5 Å². The molecule has 1 saturated carbocycles. The van der Waals surface area contributed by atoms with E-state index in [1.54, 1.807) is 38.3 Å². The molecule has 1 aromatic carbocycles. The van der Waals surface area contributed by atoms with Gasteiger partial charge in [-0.05, 0) is 31.9 Å². The van der Waals surface area contributed by atoms with Crippen molar-refractivity contribution < 1.29 is 14.3 Å². The van der Waals surface area contributed by atoms with E-state index in [1.165, 1.54) is 6.20 Å². The predicted octanol–water partition coefficient (Wildman–Crippen LogP) is 3.48. The second-order valence-electron chi connectivity index (χ2n) is 7.99. The summed E-state index contributed by atoms with van der Waals surface area (Å²) in [6.45, 7) is 1.97. The number of nitrogens with one attached hydrogen (secondary N) is 2. The quantitative estimate of drug-likeness (QED) is 0.347. The van der Waals surface area contributed by atoms with Crippen molar-refractivity contribution in [2.45, 2.75) is 25.8 Å². The number of carbonyl (C=O) groups is 1. The maximum absolute atomic E-state index is 12.6. The smallest absolute Gasteiger partial charge is 0.343 e. The van der Waals surface area contributed by atoms with E-state index in [9.17, 15) is 4.79 Å². The number of aromatic nitrogens is 7. The molecule has 1 fully saturated rings. The Kier molecular flexibility index (Phi) is 6.00. The van der Waals surface area contributed by atoms with Crippen LogP contribution in [0.2, 0.25) is 0 Å². The summed E-state index contributed by atoms with van der Waals surface area (Å²) in [6.07, 6.45) is 8.95. The van der Waals surface area contributed by atoms with E-state index >= 15 is 0 Å². The van der Waals surface area contributed by atoms with Crippen LogP contribution >= 0.6 is 0 Å². The summed E-state index contributed by atoms with van der Waals surface area (Å²) in [5.74, 6) is 1.05. The Morgan fingerprint density at radius 1 is 1.20 bits per heavy atom.